The molecule has 0 aliphatic carbocycles. The van der Waals surface area contributed by atoms with Crippen LogP contribution in [-0.4, -0.2) is 17.4 Å². The average Bonchev–Trinajstić information content (AvgIpc) is 1.86. The average molecular weight is 175 g/mol. The molecule has 0 saturated carbocycles. The predicted molar refractivity (Wildman–Crippen MR) is 37.0 cm³/mol. The molecule has 0 bridgehead atoms. The first-order valence-corrected chi connectivity index (χ1v) is 4.08. The van der Waals surface area contributed by atoms with Gasteiger partial charge in [-0.2, -0.15) is 13.4 Å². The van der Waals surface area contributed by atoms with Crippen molar-refractivity contribution in [3.63, 3.8) is 0 Å². The van der Waals surface area contributed by atoms with Gasteiger partial charge in [0.15, 0.2) is 0 Å². The van der Waals surface area contributed by atoms with E-state index in [4.69, 9.17) is 5.14 Å². The minimum atomic E-state index is -3.80. The molecule has 6 nitrogen and oxygen atoms in total. The number of rotatable bonds is 1. The second-order valence-corrected chi connectivity index (χ2v) is 3.22. The number of nitrogens with zero attached hydrogens (tertiary/aromatic N) is 2. The SMILES string of the molecule is NS(=O)(=O)n1ccc(=O)nc1. The van der Waals surface area contributed by atoms with Crippen molar-refractivity contribution < 1.29 is 8.42 Å². The maximum atomic E-state index is 10.5. The standard InChI is InChI=1S/C4H5N3O3S/c5-11(9,10)7-2-1-4(8)6-3-7/h1-3H,(H2,5,9,10). The van der Waals surface area contributed by atoms with Crippen molar-refractivity contribution in [2.24, 2.45) is 5.14 Å². The van der Waals surface area contributed by atoms with Gasteiger partial charge in [-0.3, -0.25) is 4.79 Å². The summed E-state index contributed by atoms with van der Waals surface area (Å²) < 4.78 is 21.7. The smallest absolute Gasteiger partial charge is 0.267 e. The predicted octanol–water partition coefficient (Wildman–Crippen LogP) is -1.71. The molecule has 1 aromatic heterocycles. The molecule has 60 valence electrons. The lowest BCUT2D eigenvalue weighted by molar-refractivity contribution is 0.587. The molecule has 7 heteroatoms. The normalized spacial score (nSPS) is 11.4. The Morgan fingerprint density at radius 3 is 2.55 bits per heavy atom. The van der Waals surface area contributed by atoms with Gasteiger partial charge in [0, 0.05) is 12.3 Å². The van der Waals surface area contributed by atoms with Crippen LogP contribution in [0, 0.1) is 0 Å². The fraction of sp³-hybridized carbons (Fsp3) is 0. The molecule has 1 heterocycles. The summed E-state index contributed by atoms with van der Waals surface area (Å²) in [5.41, 5.74) is -0.509. The van der Waals surface area contributed by atoms with Gasteiger partial charge >= 0.3 is 10.2 Å². The molecule has 0 amide bonds. The number of nitrogens with two attached hydrogens (primary N) is 1. The van der Waals surface area contributed by atoms with Gasteiger partial charge in [0.25, 0.3) is 5.56 Å². The topological polar surface area (TPSA) is 95.0 Å². The summed E-state index contributed by atoms with van der Waals surface area (Å²) in [5.74, 6) is 0. The lowest BCUT2D eigenvalue weighted by Crippen LogP contribution is -2.23. The summed E-state index contributed by atoms with van der Waals surface area (Å²) in [4.78, 5) is 13.6. The molecule has 11 heavy (non-hydrogen) atoms. The highest BCUT2D eigenvalue weighted by Crippen LogP contribution is 1.83. The Balaban J connectivity index is 3.31. The van der Waals surface area contributed by atoms with E-state index in [1.807, 2.05) is 0 Å². The van der Waals surface area contributed by atoms with Gasteiger partial charge < -0.3 is 0 Å². The fourth-order valence-corrected chi connectivity index (χ4v) is 0.892. The van der Waals surface area contributed by atoms with Crippen molar-refractivity contribution in [2.75, 3.05) is 0 Å². The summed E-state index contributed by atoms with van der Waals surface area (Å²) in [7, 11) is -3.80. The molecule has 0 fully saturated rings. The largest absolute Gasteiger partial charge is 0.303 e. The third kappa shape index (κ3) is 1.85. The van der Waals surface area contributed by atoms with Crippen LogP contribution in [0.25, 0.3) is 0 Å². The van der Waals surface area contributed by atoms with E-state index in [0.29, 0.717) is 3.97 Å². The van der Waals surface area contributed by atoms with Crippen LogP contribution in [-0.2, 0) is 10.2 Å². The van der Waals surface area contributed by atoms with Crippen molar-refractivity contribution in [3.05, 3.63) is 28.9 Å². The summed E-state index contributed by atoms with van der Waals surface area (Å²) in [6.45, 7) is 0. The van der Waals surface area contributed by atoms with E-state index in [-0.39, 0.29) is 0 Å². The van der Waals surface area contributed by atoms with Gasteiger partial charge in [-0.1, -0.05) is 0 Å². The maximum absolute atomic E-state index is 10.5. The van der Waals surface area contributed by atoms with Crippen LogP contribution in [0.15, 0.2) is 23.4 Å². The molecule has 1 aromatic rings. The summed E-state index contributed by atoms with van der Waals surface area (Å²) in [5, 5.41) is 4.70. The summed E-state index contributed by atoms with van der Waals surface area (Å²) in [6, 6.07) is 1.00. The van der Waals surface area contributed by atoms with Crippen LogP contribution >= 0.6 is 0 Å². The zero-order valence-electron chi connectivity index (χ0n) is 5.34. The molecule has 0 saturated heterocycles. The Kier molecular flexibility index (Phi) is 1.75. The third-order valence-electron chi connectivity index (χ3n) is 0.957. The molecule has 1 rings (SSSR count). The molecule has 0 spiro atoms. The van der Waals surface area contributed by atoms with Crippen LogP contribution < -0.4 is 10.7 Å². The monoisotopic (exact) mass is 175 g/mol. The lowest BCUT2D eigenvalue weighted by Gasteiger charge is -1.98. The molecule has 2 N–H and O–H groups in total. The first kappa shape index (κ1) is 7.89. The Morgan fingerprint density at radius 1 is 1.55 bits per heavy atom. The number of aromatic nitrogens is 2. The van der Waals surface area contributed by atoms with Gasteiger partial charge in [0.05, 0.1) is 0 Å². The summed E-state index contributed by atoms with van der Waals surface area (Å²) >= 11 is 0. The van der Waals surface area contributed by atoms with Crippen molar-refractivity contribution in [1.82, 2.24) is 8.96 Å². The fourth-order valence-electron chi connectivity index (χ4n) is 0.483. The van der Waals surface area contributed by atoms with E-state index < -0.39 is 15.8 Å². The zero-order chi connectivity index (χ0) is 8.48. The Morgan fingerprint density at radius 2 is 2.18 bits per heavy atom. The second kappa shape index (κ2) is 2.44. The molecular weight excluding hydrogens is 170 g/mol. The molecule has 0 radical (unpaired) electrons. The molecule has 0 unspecified atom stereocenters. The molecule has 0 aliphatic rings. The van der Waals surface area contributed by atoms with Gasteiger partial charge in [0.1, 0.15) is 6.33 Å². The van der Waals surface area contributed by atoms with Gasteiger partial charge in [0.2, 0.25) is 0 Å². The molecule has 0 aliphatic heterocycles. The Hall–Kier alpha value is -1.21. The molecular formula is C4H5N3O3S. The molecule has 0 atom stereocenters. The van der Waals surface area contributed by atoms with Crippen LogP contribution in [0.2, 0.25) is 0 Å². The Bertz CT molecular complexity index is 386. The van der Waals surface area contributed by atoms with Crippen LogP contribution in [0.5, 0.6) is 0 Å². The zero-order valence-corrected chi connectivity index (χ0v) is 6.15. The third-order valence-corrected chi connectivity index (χ3v) is 1.76. The minimum Gasteiger partial charge on any atom is -0.267 e. The highest BCUT2D eigenvalue weighted by Gasteiger charge is 2.01. The van der Waals surface area contributed by atoms with Crippen molar-refractivity contribution in [1.29, 1.82) is 0 Å². The van der Waals surface area contributed by atoms with E-state index in [1.54, 1.807) is 0 Å². The minimum absolute atomic E-state index is 0.509. The van der Waals surface area contributed by atoms with E-state index >= 15 is 0 Å². The molecule has 0 aromatic carbocycles. The van der Waals surface area contributed by atoms with Gasteiger partial charge in [-0.25, -0.2) is 9.11 Å². The van der Waals surface area contributed by atoms with Crippen LogP contribution in [0.3, 0.4) is 0 Å². The number of hydrogen-bond donors (Lipinski definition) is 1. The highest BCUT2D eigenvalue weighted by molar-refractivity contribution is 7.87. The van der Waals surface area contributed by atoms with Crippen LogP contribution in [0.4, 0.5) is 0 Å². The first-order valence-electron chi connectivity index (χ1n) is 2.58. The van der Waals surface area contributed by atoms with Crippen molar-refractivity contribution in [2.45, 2.75) is 0 Å². The van der Waals surface area contributed by atoms with Crippen molar-refractivity contribution >= 4 is 10.2 Å². The van der Waals surface area contributed by atoms with Crippen LogP contribution in [0.1, 0.15) is 0 Å². The second-order valence-electron chi connectivity index (χ2n) is 1.77. The van der Waals surface area contributed by atoms with Gasteiger partial charge in [-0.05, 0) is 0 Å². The van der Waals surface area contributed by atoms with Gasteiger partial charge in [-0.15, -0.1) is 0 Å². The highest BCUT2D eigenvalue weighted by atomic mass is 32.2. The van der Waals surface area contributed by atoms with E-state index in [2.05, 4.69) is 4.98 Å². The number of hydrogen-bond acceptors (Lipinski definition) is 4. The van der Waals surface area contributed by atoms with E-state index in [0.717, 1.165) is 18.6 Å². The van der Waals surface area contributed by atoms with E-state index in [9.17, 15) is 13.2 Å². The lowest BCUT2D eigenvalue weighted by atomic mass is 10.7. The quantitative estimate of drug-likeness (QED) is 0.550. The van der Waals surface area contributed by atoms with Crippen molar-refractivity contribution in [3.8, 4) is 0 Å². The summed E-state index contributed by atoms with van der Waals surface area (Å²) in [6.07, 6.45) is 1.88. The maximum Gasteiger partial charge on any atom is 0.303 e. The first-order chi connectivity index (χ1) is 5.00. The van der Waals surface area contributed by atoms with E-state index in [1.165, 1.54) is 0 Å². The Labute approximate surface area is 62.5 Å².